The van der Waals surface area contributed by atoms with Gasteiger partial charge in [-0.3, -0.25) is 0 Å². The summed E-state index contributed by atoms with van der Waals surface area (Å²) in [6, 6.07) is 3.35. The highest BCUT2D eigenvalue weighted by Gasteiger charge is 2.36. The smallest absolute Gasteiger partial charge is 0.417 e. The maximum absolute atomic E-state index is 12.7. The van der Waals surface area contributed by atoms with Crippen molar-refractivity contribution in [1.82, 2.24) is 0 Å². The molecule has 0 bridgehead atoms. The zero-order valence-electron chi connectivity index (χ0n) is 8.43. The minimum atomic E-state index is -4.67. The second-order valence-electron chi connectivity index (χ2n) is 2.98. The molecule has 0 aliphatic rings. The van der Waals surface area contributed by atoms with Crippen LogP contribution in [-0.2, 0) is 10.9 Å². The Morgan fingerprint density at radius 2 is 2.06 bits per heavy atom. The molecule has 3 nitrogen and oxygen atoms in total. The number of hydrogen-bond donors (Lipinski definition) is 0. The zero-order valence-corrected chi connectivity index (χ0v) is 10.6. The molecule has 0 heterocycles. The van der Waals surface area contributed by atoms with E-state index in [1.807, 2.05) is 0 Å². The third kappa shape index (κ3) is 2.88. The van der Waals surface area contributed by atoms with Crippen LogP contribution >= 0.6 is 22.6 Å². The van der Waals surface area contributed by atoms with Crippen LogP contribution in [0.25, 0.3) is 0 Å². The maximum Gasteiger partial charge on any atom is 0.417 e. The highest BCUT2D eigenvalue weighted by atomic mass is 127. The summed E-state index contributed by atoms with van der Waals surface area (Å²) in [5.41, 5.74) is -1.76. The SMILES string of the molecule is COC(=O)c1cc(C#N)c(I)cc1C(F)(F)F. The lowest BCUT2D eigenvalue weighted by Crippen LogP contribution is -2.15. The number of carbonyl (C=O) groups is 1. The largest absolute Gasteiger partial charge is 0.465 e. The van der Waals surface area contributed by atoms with Gasteiger partial charge in [0.2, 0.25) is 0 Å². The average molecular weight is 355 g/mol. The Morgan fingerprint density at radius 3 is 2.47 bits per heavy atom. The van der Waals surface area contributed by atoms with Gasteiger partial charge in [0.25, 0.3) is 0 Å². The first-order chi connectivity index (χ1) is 7.81. The first-order valence-corrected chi connectivity index (χ1v) is 5.28. The molecule has 0 aliphatic heterocycles. The molecular formula is C10H5F3INO2. The van der Waals surface area contributed by atoms with Gasteiger partial charge in [-0.25, -0.2) is 4.79 Å². The van der Waals surface area contributed by atoms with Gasteiger partial charge in [0, 0.05) is 3.57 Å². The number of ether oxygens (including phenoxy) is 1. The first-order valence-electron chi connectivity index (χ1n) is 4.20. The minimum absolute atomic E-state index is 0.000926. The van der Waals surface area contributed by atoms with Crippen LogP contribution < -0.4 is 0 Å². The molecule has 0 unspecified atom stereocenters. The number of halogens is 4. The average Bonchev–Trinajstić information content (AvgIpc) is 2.26. The van der Waals surface area contributed by atoms with E-state index in [0.717, 1.165) is 19.2 Å². The van der Waals surface area contributed by atoms with Gasteiger partial charge >= 0.3 is 12.1 Å². The summed E-state index contributed by atoms with van der Waals surface area (Å²) in [7, 11) is 0.979. The summed E-state index contributed by atoms with van der Waals surface area (Å²) in [4.78, 5) is 11.2. The Morgan fingerprint density at radius 1 is 1.47 bits per heavy atom. The highest BCUT2D eigenvalue weighted by Crippen LogP contribution is 2.34. The molecule has 0 amide bonds. The lowest BCUT2D eigenvalue weighted by Gasteiger charge is -2.12. The van der Waals surface area contributed by atoms with Gasteiger partial charge in [-0.05, 0) is 34.7 Å². The van der Waals surface area contributed by atoms with Crippen LogP contribution in [0.15, 0.2) is 12.1 Å². The summed E-state index contributed by atoms with van der Waals surface area (Å²) in [5.74, 6) is -1.12. The second-order valence-corrected chi connectivity index (χ2v) is 4.14. The van der Waals surface area contributed by atoms with E-state index in [4.69, 9.17) is 5.26 Å². The molecule has 1 aromatic carbocycles. The van der Waals surface area contributed by atoms with E-state index in [-0.39, 0.29) is 9.13 Å². The van der Waals surface area contributed by atoms with Crippen molar-refractivity contribution in [2.45, 2.75) is 6.18 Å². The summed E-state index contributed by atoms with van der Waals surface area (Å²) in [6.07, 6.45) is -4.67. The Hall–Kier alpha value is -1.30. The molecule has 0 N–H and O–H groups in total. The molecule has 0 fully saturated rings. The van der Waals surface area contributed by atoms with E-state index in [0.29, 0.717) is 0 Å². The molecule has 1 aromatic rings. The van der Waals surface area contributed by atoms with Crippen LogP contribution in [0.2, 0.25) is 0 Å². The standard InChI is InChI=1S/C10H5F3INO2/c1-17-9(16)6-2-5(4-15)8(14)3-7(6)10(11,12)13/h2-3H,1H3. The third-order valence-corrected chi connectivity index (χ3v) is 2.83. The fourth-order valence-corrected chi connectivity index (χ4v) is 1.76. The van der Waals surface area contributed by atoms with Crippen molar-refractivity contribution < 1.29 is 22.7 Å². The van der Waals surface area contributed by atoms with Crippen molar-refractivity contribution in [3.8, 4) is 6.07 Å². The number of rotatable bonds is 1. The van der Waals surface area contributed by atoms with Crippen molar-refractivity contribution in [3.63, 3.8) is 0 Å². The van der Waals surface area contributed by atoms with Gasteiger partial charge < -0.3 is 4.74 Å². The van der Waals surface area contributed by atoms with Crippen molar-refractivity contribution in [3.05, 3.63) is 32.4 Å². The van der Waals surface area contributed by atoms with Gasteiger partial charge in [0.15, 0.2) is 0 Å². The number of methoxy groups -OCH3 is 1. The van der Waals surface area contributed by atoms with Crippen LogP contribution in [0.1, 0.15) is 21.5 Å². The van der Waals surface area contributed by atoms with Gasteiger partial charge in [0.05, 0.1) is 23.8 Å². The third-order valence-electron chi connectivity index (χ3n) is 1.94. The lowest BCUT2D eigenvalue weighted by molar-refractivity contribution is -0.138. The number of alkyl halides is 3. The van der Waals surface area contributed by atoms with E-state index in [2.05, 4.69) is 4.74 Å². The fourth-order valence-electron chi connectivity index (χ4n) is 1.17. The first kappa shape index (κ1) is 13.8. The van der Waals surface area contributed by atoms with Gasteiger partial charge in [-0.2, -0.15) is 18.4 Å². The number of carbonyl (C=O) groups excluding carboxylic acids is 1. The van der Waals surface area contributed by atoms with Crippen LogP contribution in [0.3, 0.4) is 0 Å². The molecule has 0 aromatic heterocycles. The molecule has 0 saturated heterocycles. The molecule has 0 spiro atoms. The van der Waals surface area contributed by atoms with Crippen molar-refractivity contribution >= 4 is 28.6 Å². The predicted octanol–water partition coefficient (Wildman–Crippen LogP) is 2.97. The number of nitriles is 1. The number of nitrogens with zero attached hydrogens (tertiary/aromatic N) is 1. The molecular weight excluding hydrogens is 350 g/mol. The number of esters is 1. The highest BCUT2D eigenvalue weighted by molar-refractivity contribution is 14.1. The minimum Gasteiger partial charge on any atom is -0.465 e. The molecule has 0 saturated carbocycles. The van der Waals surface area contributed by atoms with E-state index >= 15 is 0 Å². The monoisotopic (exact) mass is 355 g/mol. The van der Waals surface area contributed by atoms with Crippen LogP contribution in [0, 0.1) is 14.9 Å². The lowest BCUT2D eigenvalue weighted by atomic mass is 10.0. The van der Waals surface area contributed by atoms with E-state index in [1.165, 1.54) is 0 Å². The van der Waals surface area contributed by atoms with Crippen LogP contribution in [0.5, 0.6) is 0 Å². The normalized spacial score (nSPS) is 10.8. The molecule has 17 heavy (non-hydrogen) atoms. The van der Waals surface area contributed by atoms with Crippen molar-refractivity contribution in [2.24, 2.45) is 0 Å². The summed E-state index contributed by atoms with van der Waals surface area (Å²) < 4.78 is 42.4. The summed E-state index contributed by atoms with van der Waals surface area (Å²) in [5, 5.41) is 8.70. The fraction of sp³-hybridized carbons (Fsp3) is 0.200. The van der Waals surface area contributed by atoms with E-state index in [9.17, 15) is 18.0 Å². The topological polar surface area (TPSA) is 50.1 Å². The molecule has 0 aliphatic carbocycles. The number of benzene rings is 1. The summed E-state index contributed by atoms with van der Waals surface area (Å²) >= 11 is 1.60. The van der Waals surface area contributed by atoms with E-state index in [1.54, 1.807) is 28.7 Å². The maximum atomic E-state index is 12.7. The number of hydrogen-bond acceptors (Lipinski definition) is 3. The van der Waals surface area contributed by atoms with Gasteiger partial charge in [0.1, 0.15) is 6.07 Å². The van der Waals surface area contributed by atoms with E-state index < -0.39 is 23.3 Å². The zero-order chi connectivity index (χ0) is 13.2. The Bertz CT molecular complexity index is 505. The molecule has 0 atom stereocenters. The van der Waals surface area contributed by atoms with Gasteiger partial charge in [-0.1, -0.05) is 0 Å². The second kappa shape index (κ2) is 4.91. The van der Waals surface area contributed by atoms with Crippen LogP contribution in [0.4, 0.5) is 13.2 Å². The summed E-state index contributed by atoms with van der Waals surface area (Å²) in [6.45, 7) is 0. The van der Waals surface area contributed by atoms with Gasteiger partial charge in [-0.15, -0.1) is 0 Å². The van der Waals surface area contributed by atoms with Crippen LogP contribution in [-0.4, -0.2) is 13.1 Å². The predicted molar refractivity (Wildman–Crippen MR) is 60.2 cm³/mol. The van der Waals surface area contributed by atoms with Crippen molar-refractivity contribution in [1.29, 1.82) is 5.26 Å². The molecule has 0 radical (unpaired) electrons. The molecule has 7 heteroatoms. The Labute approximate surface area is 108 Å². The Kier molecular flexibility index (Phi) is 3.98. The van der Waals surface area contributed by atoms with Crippen molar-refractivity contribution in [2.75, 3.05) is 7.11 Å². The Balaban J connectivity index is 3.54. The molecule has 90 valence electrons. The molecule has 1 rings (SSSR count). The quantitative estimate of drug-likeness (QED) is 0.575.